The van der Waals surface area contributed by atoms with Gasteiger partial charge < -0.3 is 5.11 Å². The van der Waals surface area contributed by atoms with Crippen LogP contribution in [-0.4, -0.2) is 15.3 Å². The third-order valence-corrected chi connectivity index (χ3v) is 0.168. The molecule has 0 aromatic rings. The average Bonchev–Trinajstić information content (AvgIpc) is 1.37. The monoisotopic (exact) mass is 69.0 g/mol. The maximum absolute atomic E-state index is 7.47. The highest BCUT2D eigenvalue weighted by molar-refractivity contribution is 6.21. The molecule has 0 unspecified atom stereocenters. The van der Waals surface area contributed by atoms with Crippen LogP contribution in [0.25, 0.3) is 0 Å². The van der Waals surface area contributed by atoms with Gasteiger partial charge >= 0.3 is 0 Å². The molecule has 0 heterocycles. The number of hydrogen-bond acceptors (Lipinski definition) is 1. The quantitative estimate of drug-likeness (QED) is 0.299. The van der Waals surface area contributed by atoms with E-state index in [0.717, 1.165) is 0 Å². The van der Waals surface area contributed by atoms with E-state index in [4.69, 9.17) is 5.11 Å². The van der Waals surface area contributed by atoms with Gasteiger partial charge in [-0.3, -0.25) is 0 Å². The number of rotatable bonds is 0. The minimum Gasteiger partial charge on any atom is -0.462 e. The Morgan fingerprint density at radius 3 is 2.00 bits per heavy atom. The van der Waals surface area contributed by atoms with Gasteiger partial charge in [-0.1, -0.05) is 5.54 Å². The molecule has 0 aliphatic rings. The minimum atomic E-state index is 1.59. The second kappa shape index (κ2) is 2.58. The van der Waals surface area contributed by atoms with Crippen molar-refractivity contribution in [2.24, 2.45) is 0 Å². The first-order valence-electron chi connectivity index (χ1n) is 0.724. The Hall–Kier alpha value is -0.423. The molecular formula is C2HOSi. The van der Waals surface area contributed by atoms with Gasteiger partial charge in [-0.05, 0) is 0 Å². The van der Waals surface area contributed by atoms with Crippen molar-refractivity contribution in [1.29, 1.82) is 0 Å². The Bertz CT molecular complexity index is 42.8. The van der Waals surface area contributed by atoms with Crippen LogP contribution < -0.4 is 0 Å². The second-order valence-electron chi connectivity index (χ2n) is 0.237. The Kier molecular flexibility index (Phi) is 2.30. The molecule has 0 aromatic heterocycles. The molecule has 3 radical (unpaired) electrons. The summed E-state index contributed by atoms with van der Waals surface area (Å²) in [6.45, 7) is 0. The van der Waals surface area contributed by atoms with Gasteiger partial charge in [0.2, 0.25) is 0 Å². The summed E-state index contributed by atoms with van der Waals surface area (Å²) in [5, 5.41) is 7.47. The summed E-state index contributed by atoms with van der Waals surface area (Å²) in [5.74, 6) is 0. The molecule has 0 aromatic carbocycles. The van der Waals surface area contributed by atoms with Crippen molar-refractivity contribution in [3.63, 3.8) is 0 Å². The third-order valence-electron chi connectivity index (χ3n) is 0.0559. The van der Waals surface area contributed by atoms with Gasteiger partial charge in [0, 0.05) is 0 Å². The molecule has 4 heavy (non-hydrogen) atoms. The molecule has 1 N–H and O–H groups in total. The van der Waals surface area contributed by atoms with Crippen LogP contribution in [-0.2, 0) is 0 Å². The van der Waals surface area contributed by atoms with E-state index in [2.05, 4.69) is 10.2 Å². The lowest BCUT2D eigenvalue weighted by atomic mass is 11.3. The molecule has 0 aliphatic heterocycles. The van der Waals surface area contributed by atoms with Crippen molar-refractivity contribution in [1.82, 2.24) is 0 Å². The molecule has 0 saturated carbocycles. The van der Waals surface area contributed by atoms with Crippen LogP contribution in [0, 0.1) is 11.7 Å². The fourth-order valence-electron chi connectivity index (χ4n) is 0. The number of aliphatic hydroxyl groups excluding tert-OH is 1. The predicted molar refractivity (Wildman–Crippen MR) is 15.5 cm³/mol. The zero-order valence-electron chi connectivity index (χ0n) is 1.95. The maximum atomic E-state index is 7.47. The van der Waals surface area contributed by atoms with E-state index in [1.807, 2.05) is 5.54 Å². The van der Waals surface area contributed by atoms with Crippen molar-refractivity contribution < 1.29 is 5.11 Å². The SMILES string of the molecule is OC#C[Si]. The lowest BCUT2D eigenvalue weighted by Gasteiger charge is -1.42. The molecule has 1 nitrogen and oxygen atoms in total. The van der Waals surface area contributed by atoms with Crippen molar-refractivity contribution >= 4 is 10.2 Å². The summed E-state index contributed by atoms with van der Waals surface area (Å²) in [7, 11) is 2.68. The van der Waals surface area contributed by atoms with E-state index >= 15 is 0 Å². The highest BCUT2D eigenvalue weighted by atomic mass is 28.1. The second-order valence-corrected chi connectivity index (χ2v) is 0.487. The van der Waals surface area contributed by atoms with E-state index < -0.39 is 0 Å². The summed E-state index contributed by atoms with van der Waals surface area (Å²) >= 11 is 0. The van der Waals surface area contributed by atoms with Gasteiger partial charge in [-0.25, -0.2) is 0 Å². The molecular weight excluding hydrogens is 68.1 g/mol. The van der Waals surface area contributed by atoms with Gasteiger partial charge in [-0.2, -0.15) is 0 Å². The first-order valence-corrected chi connectivity index (χ1v) is 1.22. The highest BCUT2D eigenvalue weighted by Crippen LogP contribution is 1.22. The van der Waals surface area contributed by atoms with Crippen LogP contribution in [0.1, 0.15) is 0 Å². The van der Waals surface area contributed by atoms with Crippen LogP contribution in [0.4, 0.5) is 0 Å². The van der Waals surface area contributed by atoms with Crippen LogP contribution in [0.15, 0.2) is 0 Å². The van der Waals surface area contributed by atoms with E-state index in [0.29, 0.717) is 0 Å². The first kappa shape index (κ1) is 3.58. The zero-order valence-corrected chi connectivity index (χ0v) is 2.95. The van der Waals surface area contributed by atoms with E-state index in [1.165, 1.54) is 0 Å². The highest BCUT2D eigenvalue weighted by Gasteiger charge is 1.30. The molecule has 0 atom stereocenters. The van der Waals surface area contributed by atoms with Crippen LogP contribution in [0.5, 0.6) is 0 Å². The normalized spacial score (nSPS) is 3.25. The fraction of sp³-hybridized carbons (Fsp3) is 0. The fourth-order valence-corrected chi connectivity index (χ4v) is 0. The third kappa shape index (κ3) is 1.58. The van der Waals surface area contributed by atoms with Crippen molar-refractivity contribution in [2.45, 2.75) is 0 Å². The van der Waals surface area contributed by atoms with E-state index in [1.54, 1.807) is 6.11 Å². The molecule has 0 aliphatic carbocycles. The van der Waals surface area contributed by atoms with Gasteiger partial charge in [0.05, 0.1) is 6.11 Å². The Morgan fingerprint density at radius 1 is 1.75 bits per heavy atom. The molecule has 0 amide bonds. The summed E-state index contributed by atoms with van der Waals surface area (Å²) in [6.07, 6.45) is 1.59. The summed E-state index contributed by atoms with van der Waals surface area (Å²) in [6, 6.07) is 0. The smallest absolute Gasteiger partial charge is 0.152 e. The number of aliphatic hydroxyl groups is 1. The van der Waals surface area contributed by atoms with Crippen molar-refractivity contribution in [3.8, 4) is 11.7 Å². The largest absolute Gasteiger partial charge is 0.462 e. The topological polar surface area (TPSA) is 20.2 Å². The lowest BCUT2D eigenvalue weighted by molar-refractivity contribution is 0.518. The van der Waals surface area contributed by atoms with Crippen LogP contribution >= 0.6 is 0 Å². The summed E-state index contributed by atoms with van der Waals surface area (Å²) < 4.78 is 0. The lowest BCUT2D eigenvalue weighted by Crippen LogP contribution is -1.46. The average molecular weight is 69.1 g/mol. The van der Waals surface area contributed by atoms with E-state index in [9.17, 15) is 0 Å². The van der Waals surface area contributed by atoms with Gasteiger partial charge in [0.15, 0.2) is 10.2 Å². The zero-order chi connectivity index (χ0) is 3.41. The molecule has 0 bridgehead atoms. The first-order chi connectivity index (χ1) is 1.91. The van der Waals surface area contributed by atoms with Gasteiger partial charge in [-0.15, -0.1) is 0 Å². The Labute approximate surface area is 28.1 Å². The van der Waals surface area contributed by atoms with Crippen LogP contribution in [0.3, 0.4) is 0 Å². The van der Waals surface area contributed by atoms with E-state index in [-0.39, 0.29) is 0 Å². The molecule has 0 rings (SSSR count). The van der Waals surface area contributed by atoms with Crippen LogP contribution in [0.2, 0.25) is 0 Å². The Balaban J connectivity index is 2.83. The number of hydrogen-bond donors (Lipinski definition) is 1. The molecule has 2 heteroatoms. The summed E-state index contributed by atoms with van der Waals surface area (Å²) in [5.41, 5.74) is 2.04. The molecule has 0 fully saturated rings. The van der Waals surface area contributed by atoms with Crippen molar-refractivity contribution in [2.75, 3.05) is 0 Å². The molecule has 0 spiro atoms. The van der Waals surface area contributed by atoms with Crippen molar-refractivity contribution in [3.05, 3.63) is 0 Å². The molecule has 19 valence electrons. The van der Waals surface area contributed by atoms with Gasteiger partial charge in [0.1, 0.15) is 0 Å². The Morgan fingerprint density at radius 2 is 2.00 bits per heavy atom. The minimum absolute atomic E-state index is 1.59. The van der Waals surface area contributed by atoms with Gasteiger partial charge in [0.25, 0.3) is 0 Å². The summed E-state index contributed by atoms with van der Waals surface area (Å²) in [4.78, 5) is 0. The maximum Gasteiger partial charge on any atom is 0.152 e. The predicted octanol–water partition coefficient (Wildman–Crippen LogP) is -0.554. The molecule has 0 saturated heterocycles. The standard InChI is InChI=1S/C2HOSi/c3-1-2-4/h3H.